The summed E-state index contributed by atoms with van der Waals surface area (Å²) in [5.41, 5.74) is 2.07. The van der Waals surface area contributed by atoms with E-state index in [1.165, 1.54) is 5.57 Å². The topological polar surface area (TPSA) is 52.8 Å². The van der Waals surface area contributed by atoms with E-state index in [-0.39, 0.29) is 5.92 Å². The SMILES string of the molecule is CC/C(=C\C1=C(C)C(C)C(C)C(Cl)=N1)C[C@@H](O)C(C)(C)O. The van der Waals surface area contributed by atoms with E-state index < -0.39 is 11.7 Å². The molecule has 0 saturated heterocycles. The van der Waals surface area contributed by atoms with Gasteiger partial charge in [-0.05, 0) is 51.2 Å². The highest BCUT2D eigenvalue weighted by Crippen LogP contribution is 2.32. The summed E-state index contributed by atoms with van der Waals surface area (Å²) in [5.74, 6) is 0.606. The van der Waals surface area contributed by atoms with Crippen LogP contribution >= 0.6 is 11.6 Å². The predicted octanol–water partition coefficient (Wildman–Crippen LogP) is 4.04. The number of allylic oxidation sites excluding steroid dienone is 2. The van der Waals surface area contributed by atoms with Gasteiger partial charge in [0.2, 0.25) is 0 Å². The van der Waals surface area contributed by atoms with Gasteiger partial charge in [0.15, 0.2) is 0 Å². The van der Waals surface area contributed by atoms with Gasteiger partial charge in [-0.3, -0.25) is 0 Å². The normalized spacial score (nSPS) is 26.0. The number of hydrogen-bond donors (Lipinski definition) is 2. The lowest BCUT2D eigenvalue weighted by molar-refractivity contribution is -0.0471. The molecular formula is C17H28ClNO2. The number of halogens is 1. The van der Waals surface area contributed by atoms with E-state index in [1.807, 2.05) is 13.0 Å². The lowest BCUT2D eigenvalue weighted by atomic mass is 9.86. The Morgan fingerprint density at radius 2 is 1.95 bits per heavy atom. The van der Waals surface area contributed by atoms with Crippen LogP contribution in [0.3, 0.4) is 0 Å². The molecule has 0 aromatic rings. The molecule has 1 rings (SSSR count). The third kappa shape index (κ3) is 4.67. The molecule has 21 heavy (non-hydrogen) atoms. The molecule has 120 valence electrons. The van der Waals surface area contributed by atoms with Crippen LogP contribution in [0, 0.1) is 11.8 Å². The molecule has 0 spiro atoms. The van der Waals surface area contributed by atoms with Gasteiger partial charge in [-0.1, -0.05) is 37.9 Å². The van der Waals surface area contributed by atoms with Crippen molar-refractivity contribution in [2.75, 3.05) is 0 Å². The minimum Gasteiger partial charge on any atom is -0.390 e. The van der Waals surface area contributed by atoms with Gasteiger partial charge in [0.25, 0.3) is 0 Å². The minimum absolute atomic E-state index is 0.246. The summed E-state index contributed by atoms with van der Waals surface area (Å²) in [5, 5.41) is 20.6. The summed E-state index contributed by atoms with van der Waals surface area (Å²) >= 11 is 6.22. The van der Waals surface area contributed by atoms with Crippen molar-refractivity contribution < 1.29 is 10.2 Å². The van der Waals surface area contributed by atoms with Crippen molar-refractivity contribution in [2.24, 2.45) is 16.8 Å². The van der Waals surface area contributed by atoms with Crippen LogP contribution in [-0.2, 0) is 0 Å². The molecule has 0 amide bonds. The summed E-state index contributed by atoms with van der Waals surface area (Å²) in [6.07, 6.45) is 2.47. The summed E-state index contributed by atoms with van der Waals surface area (Å²) in [7, 11) is 0. The molecule has 0 radical (unpaired) electrons. The maximum atomic E-state index is 10.1. The number of aliphatic hydroxyl groups excluding tert-OH is 1. The molecule has 0 fully saturated rings. The number of nitrogens with zero attached hydrogens (tertiary/aromatic N) is 1. The van der Waals surface area contributed by atoms with Crippen LogP contribution in [0.25, 0.3) is 0 Å². The molecule has 2 N–H and O–H groups in total. The van der Waals surface area contributed by atoms with Gasteiger partial charge in [0.05, 0.1) is 17.4 Å². The third-order valence-electron chi connectivity index (χ3n) is 4.51. The first-order valence-corrected chi connectivity index (χ1v) is 8.00. The molecule has 0 aromatic carbocycles. The van der Waals surface area contributed by atoms with E-state index in [4.69, 9.17) is 11.6 Å². The molecule has 2 unspecified atom stereocenters. The predicted molar refractivity (Wildman–Crippen MR) is 89.6 cm³/mol. The Morgan fingerprint density at radius 1 is 1.38 bits per heavy atom. The highest BCUT2D eigenvalue weighted by atomic mass is 35.5. The second-order valence-corrected chi connectivity index (χ2v) is 7.00. The maximum Gasteiger partial charge on any atom is 0.110 e. The molecular weight excluding hydrogens is 286 g/mol. The molecule has 3 nitrogen and oxygen atoms in total. The second kappa shape index (κ2) is 7.08. The molecule has 0 saturated carbocycles. The molecule has 1 aliphatic heterocycles. The molecule has 4 heteroatoms. The monoisotopic (exact) mass is 313 g/mol. The Kier molecular flexibility index (Phi) is 6.21. The Bertz CT molecular complexity index is 472. The van der Waals surface area contributed by atoms with Crippen molar-refractivity contribution in [3.63, 3.8) is 0 Å². The van der Waals surface area contributed by atoms with E-state index in [0.717, 1.165) is 17.7 Å². The zero-order chi connectivity index (χ0) is 16.4. The number of hydrogen-bond acceptors (Lipinski definition) is 3. The molecule has 1 aliphatic rings. The Labute approximate surface area is 133 Å². The van der Waals surface area contributed by atoms with Gasteiger partial charge >= 0.3 is 0 Å². The van der Waals surface area contributed by atoms with Crippen LogP contribution < -0.4 is 0 Å². The lowest BCUT2D eigenvalue weighted by Gasteiger charge is -2.27. The smallest absolute Gasteiger partial charge is 0.110 e. The van der Waals surface area contributed by atoms with Crippen molar-refractivity contribution in [3.8, 4) is 0 Å². The molecule has 0 aromatic heterocycles. The van der Waals surface area contributed by atoms with Gasteiger partial charge in [-0.25, -0.2) is 4.99 Å². The lowest BCUT2D eigenvalue weighted by Crippen LogP contribution is -2.36. The van der Waals surface area contributed by atoms with Crippen molar-refractivity contribution in [1.29, 1.82) is 0 Å². The quantitative estimate of drug-likeness (QED) is 0.804. The van der Waals surface area contributed by atoms with Crippen molar-refractivity contribution >= 4 is 16.8 Å². The van der Waals surface area contributed by atoms with Gasteiger partial charge in [-0.15, -0.1) is 0 Å². The third-order valence-corrected chi connectivity index (χ3v) is 4.93. The molecule has 1 heterocycles. The Hall–Kier alpha value is -0.640. The van der Waals surface area contributed by atoms with Gasteiger partial charge in [0, 0.05) is 5.92 Å². The summed E-state index contributed by atoms with van der Waals surface area (Å²) in [6, 6.07) is 0. The first-order valence-electron chi connectivity index (χ1n) is 7.62. The first-order chi connectivity index (χ1) is 9.57. The summed E-state index contributed by atoms with van der Waals surface area (Å²) in [6.45, 7) is 11.6. The van der Waals surface area contributed by atoms with Crippen LogP contribution in [-0.4, -0.2) is 27.1 Å². The highest BCUT2D eigenvalue weighted by molar-refractivity contribution is 6.66. The standard InChI is InChI=1S/C17H28ClNO2/c1-7-13(9-15(20)17(5,6)21)8-14-11(3)10(2)12(4)16(18)19-14/h8,10,12,15,20-21H,7,9H2,1-6H3/b13-8+/t10?,12?,15-/m1/s1. The van der Waals surface area contributed by atoms with E-state index in [9.17, 15) is 10.2 Å². The second-order valence-electron chi connectivity index (χ2n) is 6.61. The average molecular weight is 314 g/mol. The van der Waals surface area contributed by atoms with Crippen LogP contribution in [0.1, 0.15) is 54.4 Å². The number of aliphatic imine (C=N–C) groups is 1. The molecule has 3 atom stereocenters. The fourth-order valence-corrected chi connectivity index (χ4v) is 2.54. The van der Waals surface area contributed by atoms with Gasteiger partial charge < -0.3 is 10.2 Å². The van der Waals surface area contributed by atoms with E-state index in [0.29, 0.717) is 17.5 Å². The first kappa shape index (κ1) is 18.4. The van der Waals surface area contributed by atoms with E-state index in [2.05, 4.69) is 25.8 Å². The fourth-order valence-electron chi connectivity index (χ4n) is 2.26. The van der Waals surface area contributed by atoms with Crippen molar-refractivity contribution in [1.82, 2.24) is 0 Å². The van der Waals surface area contributed by atoms with E-state index >= 15 is 0 Å². The van der Waals surface area contributed by atoms with Gasteiger partial charge in [-0.2, -0.15) is 0 Å². The van der Waals surface area contributed by atoms with Crippen molar-refractivity contribution in [3.05, 3.63) is 22.9 Å². The van der Waals surface area contributed by atoms with Crippen LogP contribution in [0.2, 0.25) is 0 Å². The molecule has 0 bridgehead atoms. The Balaban J connectivity index is 3.03. The van der Waals surface area contributed by atoms with Gasteiger partial charge in [0.1, 0.15) is 5.17 Å². The minimum atomic E-state index is -1.10. The van der Waals surface area contributed by atoms with Crippen LogP contribution in [0.4, 0.5) is 0 Å². The summed E-state index contributed by atoms with van der Waals surface area (Å²) < 4.78 is 0. The van der Waals surface area contributed by atoms with Crippen LogP contribution in [0.15, 0.2) is 27.9 Å². The number of aliphatic hydroxyl groups is 2. The summed E-state index contributed by atoms with van der Waals surface area (Å²) in [4.78, 5) is 4.49. The van der Waals surface area contributed by atoms with E-state index in [1.54, 1.807) is 13.8 Å². The largest absolute Gasteiger partial charge is 0.390 e. The highest BCUT2D eigenvalue weighted by Gasteiger charge is 2.27. The Morgan fingerprint density at radius 3 is 2.43 bits per heavy atom. The maximum absolute atomic E-state index is 10.1. The fraction of sp³-hybridized carbons (Fsp3) is 0.706. The molecule has 0 aliphatic carbocycles. The number of rotatable bonds is 5. The zero-order valence-electron chi connectivity index (χ0n) is 13.9. The van der Waals surface area contributed by atoms with Crippen molar-refractivity contribution in [2.45, 2.75) is 66.1 Å². The zero-order valence-corrected chi connectivity index (χ0v) is 14.7. The average Bonchev–Trinajstić information content (AvgIpc) is 2.40. The van der Waals surface area contributed by atoms with Crippen LogP contribution in [0.5, 0.6) is 0 Å².